The summed E-state index contributed by atoms with van der Waals surface area (Å²) < 4.78 is 30.0. The molecule has 1 atom stereocenters. The number of amides is 1. The fraction of sp³-hybridized carbons (Fsp3) is 0.304. The molecule has 0 fully saturated rings. The molecule has 1 heterocycles. The molecule has 1 aliphatic rings. The van der Waals surface area contributed by atoms with E-state index in [0.29, 0.717) is 6.42 Å². The van der Waals surface area contributed by atoms with Gasteiger partial charge in [0.25, 0.3) is 5.91 Å². The quantitative estimate of drug-likeness (QED) is 0.686. The third-order valence-corrected chi connectivity index (χ3v) is 5.45. The highest BCUT2D eigenvalue weighted by Crippen LogP contribution is 2.41. The minimum absolute atomic E-state index is 0.110. The van der Waals surface area contributed by atoms with Crippen LogP contribution in [0.5, 0.6) is 0 Å². The summed E-state index contributed by atoms with van der Waals surface area (Å²) in [6.07, 6.45) is 3.19. The monoisotopic (exact) mass is 395 g/mol. The summed E-state index contributed by atoms with van der Waals surface area (Å²) in [4.78, 5) is 12.7. The number of hydrogen-bond acceptors (Lipinski definition) is 2. The molecule has 1 N–H and O–H groups in total. The minimum atomic E-state index is -0.867. The standard InChI is InChI=1S/C23H23F2N3O/c1-14-7-9-15(10-8-14)28-20-12-23(2,3)11-19(16(20)13-26-28)27-22(29)21-17(24)5-4-6-18(21)25/h4-10,13,19H,11-12H2,1-3H3,(H,27,29)/t19-/m0/s1. The molecule has 0 radical (unpaired) electrons. The van der Waals surface area contributed by atoms with E-state index in [1.165, 1.54) is 6.07 Å². The van der Waals surface area contributed by atoms with Crippen LogP contribution in [0.4, 0.5) is 8.78 Å². The van der Waals surface area contributed by atoms with Crippen molar-refractivity contribution in [3.63, 3.8) is 0 Å². The molecule has 4 nitrogen and oxygen atoms in total. The lowest BCUT2D eigenvalue weighted by atomic mass is 9.74. The molecule has 0 spiro atoms. The molecular formula is C23H23F2N3O. The Morgan fingerprint density at radius 1 is 1.14 bits per heavy atom. The second kappa shape index (κ2) is 7.10. The zero-order valence-electron chi connectivity index (χ0n) is 16.7. The van der Waals surface area contributed by atoms with E-state index in [9.17, 15) is 13.6 Å². The number of nitrogens with zero attached hydrogens (tertiary/aromatic N) is 2. The molecule has 0 unspecified atom stereocenters. The molecule has 0 saturated carbocycles. The number of rotatable bonds is 3. The maximum Gasteiger partial charge on any atom is 0.257 e. The van der Waals surface area contributed by atoms with Crippen molar-refractivity contribution in [1.29, 1.82) is 0 Å². The van der Waals surface area contributed by atoms with Crippen molar-refractivity contribution >= 4 is 5.91 Å². The van der Waals surface area contributed by atoms with Gasteiger partial charge in [-0.3, -0.25) is 4.79 Å². The largest absolute Gasteiger partial charge is 0.345 e. The van der Waals surface area contributed by atoms with E-state index in [4.69, 9.17) is 0 Å². The molecule has 2 aromatic carbocycles. The summed E-state index contributed by atoms with van der Waals surface area (Å²) in [6, 6.07) is 11.1. The molecule has 6 heteroatoms. The van der Waals surface area contributed by atoms with Gasteiger partial charge in [-0.15, -0.1) is 0 Å². The van der Waals surface area contributed by atoms with Gasteiger partial charge >= 0.3 is 0 Å². The molecule has 3 aromatic rings. The third kappa shape index (κ3) is 3.67. The van der Waals surface area contributed by atoms with E-state index in [2.05, 4.69) is 24.3 Å². The van der Waals surface area contributed by atoms with Crippen LogP contribution in [-0.2, 0) is 6.42 Å². The Kier molecular flexibility index (Phi) is 4.73. The highest BCUT2D eigenvalue weighted by Gasteiger charge is 2.36. The molecule has 1 amide bonds. The Morgan fingerprint density at radius 3 is 2.45 bits per heavy atom. The normalized spacial score (nSPS) is 17.6. The van der Waals surface area contributed by atoms with Crippen molar-refractivity contribution in [3.05, 3.63) is 82.7 Å². The number of nitrogens with one attached hydrogen (secondary N) is 1. The molecule has 0 saturated heterocycles. The van der Waals surface area contributed by atoms with E-state index in [1.807, 2.05) is 35.9 Å². The molecule has 29 heavy (non-hydrogen) atoms. The summed E-state index contributed by atoms with van der Waals surface area (Å²) in [7, 11) is 0. The van der Waals surface area contributed by atoms with Crippen molar-refractivity contribution in [2.24, 2.45) is 5.41 Å². The van der Waals surface area contributed by atoms with E-state index in [0.717, 1.165) is 41.1 Å². The Bertz CT molecular complexity index is 1050. The summed E-state index contributed by atoms with van der Waals surface area (Å²) >= 11 is 0. The smallest absolute Gasteiger partial charge is 0.257 e. The van der Waals surface area contributed by atoms with Gasteiger partial charge in [0.2, 0.25) is 0 Å². The topological polar surface area (TPSA) is 46.9 Å². The fourth-order valence-corrected chi connectivity index (χ4v) is 4.02. The van der Waals surface area contributed by atoms with Crippen LogP contribution in [-0.4, -0.2) is 15.7 Å². The van der Waals surface area contributed by atoms with Crippen molar-refractivity contribution in [1.82, 2.24) is 15.1 Å². The number of benzene rings is 2. The van der Waals surface area contributed by atoms with Crippen LogP contribution < -0.4 is 5.32 Å². The molecular weight excluding hydrogens is 372 g/mol. The van der Waals surface area contributed by atoms with Gasteiger partial charge < -0.3 is 5.32 Å². The number of carbonyl (C=O) groups is 1. The first-order valence-corrected chi connectivity index (χ1v) is 9.64. The van der Waals surface area contributed by atoms with Crippen molar-refractivity contribution < 1.29 is 13.6 Å². The molecule has 150 valence electrons. The summed E-state index contributed by atoms with van der Waals surface area (Å²) in [5, 5.41) is 7.38. The van der Waals surface area contributed by atoms with Crippen LogP contribution in [0.25, 0.3) is 5.69 Å². The van der Waals surface area contributed by atoms with Gasteiger partial charge in [-0.2, -0.15) is 5.10 Å². The maximum atomic E-state index is 14.0. The van der Waals surface area contributed by atoms with Gasteiger partial charge in [-0.25, -0.2) is 13.5 Å². The van der Waals surface area contributed by atoms with Gasteiger partial charge in [-0.1, -0.05) is 37.6 Å². The SMILES string of the molecule is Cc1ccc(-n2ncc3c2CC(C)(C)C[C@@H]3NC(=O)c2c(F)cccc2F)cc1. The zero-order chi connectivity index (χ0) is 20.8. The average Bonchev–Trinajstić information content (AvgIpc) is 3.05. The average molecular weight is 395 g/mol. The second-order valence-corrected chi connectivity index (χ2v) is 8.46. The van der Waals surface area contributed by atoms with Gasteiger partial charge in [0, 0.05) is 5.56 Å². The molecule has 4 rings (SSSR count). The predicted molar refractivity (Wildman–Crippen MR) is 107 cm³/mol. The van der Waals surface area contributed by atoms with Gasteiger partial charge in [-0.05, 0) is 49.4 Å². The summed E-state index contributed by atoms with van der Waals surface area (Å²) in [5.41, 5.74) is 3.33. The highest BCUT2D eigenvalue weighted by atomic mass is 19.1. The summed E-state index contributed by atoms with van der Waals surface area (Å²) in [6.45, 7) is 6.26. The Hall–Kier alpha value is -3.02. The van der Waals surface area contributed by atoms with Crippen molar-refractivity contribution in [2.75, 3.05) is 0 Å². The first-order valence-electron chi connectivity index (χ1n) is 9.64. The number of halogens is 2. The Morgan fingerprint density at radius 2 is 1.79 bits per heavy atom. The van der Waals surface area contributed by atoms with Crippen LogP contribution in [0, 0.1) is 24.0 Å². The van der Waals surface area contributed by atoms with Crippen molar-refractivity contribution in [3.8, 4) is 5.69 Å². The lowest BCUT2D eigenvalue weighted by Gasteiger charge is -2.36. The first kappa shape index (κ1) is 19.3. The van der Waals surface area contributed by atoms with E-state index >= 15 is 0 Å². The van der Waals surface area contributed by atoms with Gasteiger partial charge in [0.1, 0.15) is 17.2 Å². The number of hydrogen-bond donors (Lipinski definition) is 1. The number of fused-ring (bicyclic) bond motifs is 1. The lowest BCUT2D eigenvalue weighted by Crippen LogP contribution is -2.37. The van der Waals surface area contributed by atoms with E-state index < -0.39 is 23.1 Å². The number of carbonyl (C=O) groups excluding carboxylic acids is 1. The minimum Gasteiger partial charge on any atom is -0.345 e. The second-order valence-electron chi connectivity index (χ2n) is 8.46. The number of aryl methyl sites for hydroxylation is 1. The highest BCUT2D eigenvalue weighted by molar-refractivity contribution is 5.95. The number of aromatic nitrogens is 2. The fourth-order valence-electron chi connectivity index (χ4n) is 4.02. The lowest BCUT2D eigenvalue weighted by molar-refractivity contribution is 0.0910. The summed E-state index contributed by atoms with van der Waals surface area (Å²) in [5.74, 6) is -2.49. The Labute approximate surface area is 168 Å². The van der Waals surface area contributed by atoms with Crippen molar-refractivity contribution in [2.45, 2.75) is 39.7 Å². The maximum absolute atomic E-state index is 14.0. The van der Waals surface area contributed by atoms with E-state index in [-0.39, 0.29) is 11.5 Å². The molecule has 0 aliphatic heterocycles. The Balaban J connectivity index is 1.70. The van der Waals surface area contributed by atoms with Gasteiger partial charge in [0.05, 0.1) is 23.6 Å². The zero-order valence-corrected chi connectivity index (χ0v) is 16.7. The van der Waals surface area contributed by atoms with E-state index in [1.54, 1.807) is 6.20 Å². The molecule has 0 bridgehead atoms. The van der Waals surface area contributed by atoms with Crippen LogP contribution in [0.15, 0.2) is 48.7 Å². The van der Waals surface area contributed by atoms with Crippen LogP contribution >= 0.6 is 0 Å². The predicted octanol–water partition coefficient (Wildman–Crippen LogP) is 4.90. The van der Waals surface area contributed by atoms with Crippen LogP contribution in [0.3, 0.4) is 0 Å². The first-order chi connectivity index (χ1) is 13.7. The molecule has 1 aliphatic carbocycles. The van der Waals surface area contributed by atoms with Gasteiger partial charge in [0.15, 0.2) is 0 Å². The van der Waals surface area contributed by atoms with Crippen LogP contribution in [0.2, 0.25) is 0 Å². The van der Waals surface area contributed by atoms with Crippen LogP contribution in [0.1, 0.15) is 53.5 Å². The third-order valence-electron chi connectivity index (χ3n) is 5.45. The molecule has 1 aromatic heterocycles.